The van der Waals surface area contributed by atoms with Gasteiger partial charge in [-0.15, -0.1) is 0 Å². The molecule has 0 aromatic heterocycles. The Bertz CT molecular complexity index is 320. The van der Waals surface area contributed by atoms with Crippen LogP contribution in [0.15, 0.2) is 24.3 Å². The third-order valence-electron chi connectivity index (χ3n) is 2.44. The molecule has 0 N–H and O–H groups in total. The SMILES string of the molecule is CCCCCc1cccc(C(=O)CBr)c1. The maximum absolute atomic E-state index is 11.4. The van der Waals surface area contributed by atoms with E-state index in [0.29, 0.717) is 5.33 Å². The fraction of sp³-hybridized carbons (Fsp3) is 0.462. The van der Waals surface area contributed by atoms with Gasteiger partial charge in [-0.25, -0.2) is 0 Å². The summed E-state index contributed by atoms with van der Waals surface area (Å²) in [6.07, 6.45) is 4.79. The normalized spacial score (nSPS) is 10.3. The number of ketones is 1. The Morgan fingerprint density at radius 3 is 2.80 bits per heavy atom. The van der Waals surface area contributed by atoms with Crippen LogP contribution in [0.5, 0.6) is 0 Å². The number of rotatable bonds is 6. The fourth-order valence-corrected chi connectivity index (χ4v) is 1.88. The lowest BCUT2D eigenvalue weighted by atomic mass is 10.0. The van der Waals surface area contributed by atoms with Gasteiger partial charge in [0.1, 0.15) is 0 Å². The van der Waals surface area contributed by atoms with Gasteiger partial charge in [-0.05, 0) is 24.5 Å². The van der Waals surface area contributed by atoms with Crippen molar-refractivity contribution in [3.63, 3.8) is 0 Å². The van der Waals surface area contributed by atoms with Gasteiger partial charge in [0.05, 0.1) is 5.33 Å². The molecule has 2 heteroatoms. The first kappa shape index (κ1) is 12.4. The Hall–Kier alpha value is -0.630. The molecular weight excluding hydrogens is 252 g/mol. The maximum Gasteiger partial charge on any atom is 0.173 e. The predicted molar refractivity (Wildman–Crippen MR) is 67.8 cm³/mol. The van der Waals surface area contributed by atoms with Crippen LogP contribution in [-0.4, -0.2) is 11.1 Å². The lowest BCUT2D eigenvalue weighted by Crippen LogP contribution is -2.00. The minimum absolute atomic E-state index is 0.160. The summed E-state index contributed by atoms with van der Waals surface area (Å²) in [4.78, 5) is 11.4. The molecule has 0 heterocycles. The molecule has 0 atom stereocenters. The third kappa shape index (κ3) is 4.17. The Balaban J connectivity index is 2.62. The van der Waals surface area contributed by atoms with Gasteiger partial charge in [0.2, 0.25) is 0 Å². The highest BCUT2D eigenvalue weighted by molar-refractivity contribution is 9.09. The summed E-state index contributed by atoms with van der Waals surface area (Å²) >= 11 is 3.19. The number of carbonyl (C=O) groups excluding carboxylic acids is 1. The van der Waals surface area contributed by atoms with Crippen LogP contribution in [0.2, 0.25) is 0 Å². The second-order valence-electron chi connectivity index (χ2n) is 3.71. The molecule has 15 heavy (non-hydrogen) atoms. The van der Waals surface area contributed by atoms with Crippen LogP contribution in [0.1, 0.15) is 42.1 Å². The molecule has 1 aromatic carbocycles. The Labute approximate surface area is 100 Å². The summed E-state index contributed by atoms with van der Waals surface area (Å²) in [5, 5.41) is 0.408. The summed E-state index contributed by atoms with van der Waals surface area (Å²) < 4.78 is 0. The van der Waals surface area contributed by atoms with Gasteiger partial charge in [0.25, 0.3) is 0 Å². The highest BCUT2D eigenvalue weighted by Crippen LogP contribution is 2.10. The van der Waals surface area contributed by atoms with Crippen molar-refractivity contribution in [2.75, 3.05) is 5.33 Å². The highest BCUT2D eigenvalue weighted by Gasteiger charge is 2.03. The van der Waals surface area contributed by atoms with E-state index in [9.17, 15) is 4.79 Å². The van der Waals surface area contributed by atoms with E-state index in [-0.39, 0.29) is 5.78 Å². The topological polar surface area (TPSA) is 17.1 Å². The molecular formula is C13H17BrO. The molecule has 82 valence electrons. The summed E-state index contributed by atoms with van der Waals surface area (Å²) in [5.74, 6) is 0.160. The first-order valence-electron chi connectivity index (χ1n) is 5.46. The number of aryl methyl sites for hydroxylation is 1. The van der Waals surface area contributed by atoms with Crippen LogP contribution >= 0.6 is 15.9 Å². The van der Waals surface area contributed by atoms with E-state index in [4.69, 9.17) is 0 Å². The van der Waals surface area contributed by atoms with Gasteiger partial charge >= 0.3 is 0 Å². The second kappa shape index (κ2) is 6.78. The lowest BCUT2D eigenvalue weighted by Gasteiger charge is -2.03. The van der Waals surface area contributed by atoms with Crippen LogP contribution in [0.25, 0.3) is 0 Å². The number of carbonyl (C=O) groups is 1. The van der Waals surface area contributed by atoms with Crippen molar-refractivity contribution in [3.8, 4) is 0 Å². The second-order valence-corrected chi connectivity index (χ2v) is 4.28. The maximum atomic E-state index is 11.4. The van der Waals surface area contributed by atoms with Crippen molar-refractivity contribution in [2.24, 2.45) is 0 Å². The molecule has 0 saturated carbocycles. The van der Waals surface area contributed by atoms with Crippen molar-refractivity contribution >= 4 is 21.7 Å². The molecule has 0 fully saturated rings. The molecule has 0 saturated heterocycles. The van der Waals surface area contributed by atoms with Crippen LogP contribution in [-0.2, 0) is 6.42 Å². The van der Waals surface area contributed by atoms with E-state index < -0.39 is 0 Å². The van der Waals surface area contributed by atoms with Crippen LogP contribution in [0.3, 0.4) is 0 Å². The number of hydrogen-bond acceptors (Lipinski definition) is 1. The molecule has 0 spiro atoms. The van der Waals surface area contributed by atoms with Gasteiger partial charge < -0.3 is 0 Å². The Kier molecular flexibility index (Phi) is 5.62. The minimum atomic E-state index is 0.160. The van der Waals surface area contributed by atoms with Crippen molar-refractivity contribution in [2.45, 2.75) is 32.6 Å². The summed E-state index contributed by atoms with van der Waals surface area (Å²) in [7, 11) is 0. The molecule has 0 bridgehead atoms. The van der Waals surface area contributed by atoms with Gasteiger partial charge in [-0.1, -0.05) is 53.9 Å². The van der Waals surface area contributed by atoms with E-state index in [1.807, 2.05) is 18.2 Å². The van der Waals surface area contributed by atoms with Crippen molar-refractivity contribution in [3.05, 3.63) is 35.4 Å². The monoisotopic (exact) mass is 268 g/mol. The fourth-order valence-electron chi connectivity index (χ4n) is 1.56. The Morgan fingerprint density at radius 2 is 2.13 bits per heavy atom. The molecule has 0 amide bonds. The third-order valence-corrected chi connectivity index (χ3v) is 2.95. The zero-order valence-electron chi connectivity index (χ0n) is 9.13. The number of alkyl halides is 1. The highest BCUT2D eigenvalue weighted by atomic mass is 79.9. The van der Waals surface area contributed by atoms with E-state index in [0.717, 1.165) is 12.0 Å². The predicted octanol–water partition coefficient (Wildman–Crippen LogP) is 4.00. The average molecular weight is 269 g/mol. The molecule has 0 unspecified atom stereocenters. The quantitative estimate of drug-likeness (QED) is 0.433. The largest absolute Gasteiger partial charge is 0.293 e. The van der Waals surface area contributed by atoms with E-state index >= 15 is 0 Å². The number of halogens is 1. The number of hydrogen-bond donors (Lipinski definition) is 0. The van der Waals surface area contributed by atoms with E-state index in [1.165, 1.54) is 24.8 Å². The van der Waals surface area contributed by atoms with Gasteiger partial charge in [0, 0.05) is 5.56 Å². The standard InChI is InChI=1S/C13H17BrO/c1-2-3-4-6-11-7-5-8-12(9-11)13(15)10-14/h5,7-9H,2-4,6,10H2,1H3. The summed E-state index contributed by atoms with van der Waals surface area (Å²) in [6.45, 7) is 2.20. The van der Waals surface area contributed by atoms with Crippen molar-refractivity contribution in [1.29, 1.82) is 0 Å². The smallest absolute Gasteiger partial charge is 0.173 e. The van der Waals surface area contributed by atoms with Crippen LogP contribution < -0.4 is 0 Å². The lowest BCUT2D eigenvalue weighted by molar-refractivity contribution is 0.102. The van der Waals surface area contributed by atoms with Gasteiger partial charge in [0.15, 0.2) is 5.78 Å². The van der Waals surface area contributed by atoms with Crippen LogP contribution in [0, 0.1) is 0 Å². The number of benzene rings is 1. The average Bonchev–Trinajstić information content (AvgIpc) is 2.29. The molecule has 0 aliphatic rings. The summed E-state index contributed by atoms with van der Waals surface area (Å²) in [6, 6.07) is 7.96. The first-order valence-corrected chi connectivity index (χ1v) is 6.58. The molecule has 1 nitrogen and oxygen atoms in total. The number of Topliss-reactive ketones (excluding diaryl/α,β-unsaturated/α-hetero) is 1. The molecule has 1 aromatic rings. The molecule has 0 aliphatic carbocycles. The van der Waals surface area contributed by atoms with Crippen molar-refractivity contribution in [1.82, 2.24) is 0 Å². The minimum Gasteiger partial charge on any atom is -0.293 e. The van der Waals surface area contributed by atoms with E-state index in [1.54, 1.807) is 0 Å². The molecule has 0 aliphatic heterocycles. The van der Waals surface area contributed by atoms with Crippen LogP contribution in [0.4, 0.5) is 0 Å². The van der Waals surface area contributed by atoms with Crippen molar-refractivity contribution < 1.29 is 4.79 Å². The van der Waals surface area contributed by atoms with E-state index in [2.05, 4.69) is 28.9 Å². The molecule has 0 radical (unpaired) electrons. The zero-order valence-corrected chi connectivity index (χ0v) is 10.7. The Morgan fingerprint density at radius 1 is 1.33 bits per heavy atom. The molecule has 1 rings (SSSR count). The zero-order chi connectivity index (χ0) is 11.1. The van der Waals surface area contributed by atoms with Gasteiger partial charge in [-0.3, -0.25) is 4.79 Å². The first-order chi connectivity index (χ1) is 7.27. The van der Waals surface area contributed by atoms with Gasteiger partial charge in [-0.2, -0.15) is 0 Å². The number of unbranched alkanes of at least 4 members (excludes halogenated alkanes) is 2. The summed E-state index contributed by atoms with van der Waals surface area (Å²) in [5.41, 5.74) is 2.09.